The van der Waals surface area contributed by atoms with Crippen LogP contribution in [-0.2, 0) is 9.53 Å². The summed E-state index contributed by atoms with van der Waals surface area (Å²) in [6, 6.07) is 1.62. The summed E-state index contributed by atoms with van der Waals surface area (Å²) in [5.41, 5.74) is 0.503. The lowest BCUT2D eigenvalue weighted by molar-refractivity contribution is -0.136. The Kier molecular flexibility index (Phi) is 3.45. The van der Waals surface area contributed by atoms with Crippen molar-refractivity contribution in [3.63, 3.8) is 0 Å². The molecule has 0 radical (unpaired) electrons. The van der Waals surface area contributed by atoms with Crippen LogP contribution >= 0.6 is 0 Å². The van der Waals surface area contributed by atoms with Gasteiger partial charge in [-0.25, -0.2) is 14.8 Å². The molecule has 0 fully saturated rings. The van der Waals surface area contributed by atoms with Crippen LogP contribution in [-0.4, -0.2) is 22.5 Å². The average Bonchev–Trinajstić information content (AvgIpc) is 2.17. The largest absolute Gasteiger partial charge is 0.456 e. The maximum atomic E-state index is 10.8. The van der Waals surface area contributed by atoms with Gasteiger partial charge < -0.3 is 4.74 Å². The first kappa shape index (κ1) is 9.20. The standard InChI is InChI=1S/C9H8N2O2/c1-2-13-9(12)4-3-8-5-6-10-7-11-8/h5-7H,2H2,1H3. The van der Waals surface area contributed by atoms with Crippen molar-refractivity contribution in [2.24, 2.45) is 0 Å². The number of carbonyl (C=O) groups is 1. The number of ether oxygens (including phenoxy) is 1. The predicted molar refractivity (Wildman–Crippen MR) is 45.5 cm³/mol. The molecule has 13 heavy (non-hydrogen) atoms. The molecule has 0 bridgehead atoms. The maximum Gasteiger partial charge on any atom is 0.384 e. The molecule has 1 heterocycles. The van der Waals surface area contributed by atoms with Crippen molar-refractivity contribution in [1.29, 1.82) is 0 Å². The maximum absolute atomic E-state index is 10.8. The molecular formula is C9H8N2O2. The number of hydrogen-bond acceptors (Lipinski definition) is 4. The molecule has 0 atom stereocenters. The molecule has 1 rings (SSSR count). The summed E-state index contributed by atoms with van der Waals surface area (Å²) in [5, 5.41) is 0. The quantitative estimate of drug-likeness (QED) is 0.459. The first-order chi connectivity index (χ1) is 6.33. The van der Waals surface area contributed by atoms with Gasteiger partial charge in [0.05, 0.1) is 6.61 Å². The molecule has 0 aliphatic heterocycles. The minimum Gasteiger partial charge on any atom is -0.456 e. The number of aromatic nitrogens is 2. The number of esters is 1. The van der Waals surface area contributed by atoms with E-state index < -0.39 is 5.97 Å². The second-order valence-corrected chi connectivity index (χ2v) is 2.07. The van der Waals surface area contributed by atoms with E-state index in [1.165, 1.54) is 6.33 Å². The monoisotopic (exact) mass is 176 g/mol. The first-order valence-electron chi connectivity index (χ1n) is 3.77. The minimum atomic E-state index is -0.541. The Hall–Kier alpha value is -1.89. The zero-order valence-corrected chi connectivity index (χ0v) is 7.15. The fourth-order valence-electron chi connectivity index (χ4n) is 0.647. The van der Waals surface area contributed by atoms with E-state index in [0.717, 1.165) is 0 Å². The summed E-state index contributed by atoms with van der Waals surface area (Å²) in [5.74, 6) is 4.31. The van der Waals surface area contributed by atoms with Crippen LogP contribution in [0.5, 0.6) is 0 Å². The van der Waals surface area contributed by atoms with Crippen molar-refractivity contribution in [3.8, 4) is 11.8 Å². The Balaban J connectivity index is 2.62. The van der Waals surface area contributed by atoms with Crippen LogP contribution in [0.2, 0.25) is 0 Å². The van der Waals surface area contributed by atoms with Gasteiger partial charge in [0.2, 0.25) is 0 Å². The lowest BCUT2D eigenvalue weighted by Crippen LogP contribution is -1.99. The second kappa shape index (κ2) is 4.88. The molecule has 0 unspecified atom stereocenters. The van der Waals surface area contributed by atoms with Crippen molar-refractivity contribution in [2.45, 2.75) is 6.92 Å². The Morgan fingerprint density at radius 1 is 1.69 bits per heavy atom. The van der Waals surface area contributed by atoms with Gasteiger partial charge in [-0.05, 0) is 18.9 Å². The fraction of sp³-hybridized carbons (Fsp3) is 0.222. The molecule has 0 aromatic carbocycles. The Morgan fingerprint density at radius 2 is 2.54 bits per heavy atom. The molecule has 0 N–H and O–H groups in total. The molecule has 0 saturated heterocycles. The van der Waals surface area contributed by atoms with E-state index in [1.807, 2.05) is 0 Å². The number of rotatable bonds is 1. The summed E-state index contributed by atoms with van der Waals surface area (Å²) in [6.45, 7) is 2.06. The van der Waals surface area contributed by atoms with Crippen molar-refractivity contribution in [2.75, 3.05) is 6.61 Å². The van der Waals surface area contributed by atoms with Crippen LogP contribution < -0.4 is 0 Å². The molecule has 4 heteroatoms. The van der Waals surface area contributed by atoms with Crippen LogP contribution in [0.1, 0.15) is 12.6 Å². The molecule has 66 valence electrons. The molecule has 4 nitrogen and oxygen atoms in total. The third-order valence-corrected chi connectivity index (χ3v) is 1.15. The van der Waals surface area contributed by atoms with E-state index >= 15 is 0 Å². The highest BCUT2D eigenvalue weighted by Crippen LogP contribution is 1.86. The fourth-order valence-corrected chi connectivity index (χ4v) is 0.647. The first-order valence-corrected chi connectivity index (χ1v) is 3.77. The minimum absolute atomic E-state index is 0.331. The van der Waals surface area contributed by atoms with Gasteiger partial charge in [-0.1, -0.05) is 0 Å². The zero-order chi connectivity index (χ0) is 9.52. The van der Waals surface area contributed by atoms with Crippen molar-refractivity contribution in [3.05, 3.63) is 24.3 Å². The molecule has 0 aliphatic carbocycles. The highest BCUT2D eigenvalue weighted by molar-refractivity contribution is 5.88. The third kappa shape index (κ3) is 3.34. The van der Waals surface area contributed by atoms with Crippen LogP contribution in [0.3, 0.4) is 0 Å². The Labute approximate surface area is 76.0 Å². The summed E-state index contributed by atoms with van der Waals surface area (Å²) < 4.78 is 4.61. The summed E-state index contributed by atoms with van der Waals surface area (Å²) >= 11 is 0. The van der Waals surface area contributed by atoms with E-state index in [1.54, 1.807) is 19.2 Å². The molecule has 0 amide bonds. The van der Waals surface area contributed by atoms with E-state index in [2.05, 4.69) is 26.5 Å². The molecular weight excluding hydrogens is 168 g/mol. The topological polar surface area (TPSA) is 52.1 Å². The van der Waals surface area contributed by atoms with Crippen molar-refractivity contribution in [1.82, 2.24) is 9.97 Å². The molecule has 0 aliphatic rings. The smallest absolute Gasteiger partial charge is 0.384 e. The van der Waals surface area contributed by atoms with Gasteiger partial charge in [0, 0.05) is 12.1 Å². The van der Waals surface area contributed by atoms with E-state index in [9.17, 15) is 4.79 Å². The van der Waals surface area contributed by atoms with Gasteiger partial charge in [0.25, 0.3) is 0 Å². The highest BCUT2D eigenvalue weighted by Gasteiger charge is 1.92. The van der Waals surface area contributed by atoms with Gasteiger partial charge >= 0.3 is 5.97 Å². The van der Waals surface area contributed by atoms with E-state index in [4.69, 9.17) is 0 Å². The zero-order valence-electron chi connectivity index (χ0n) is 7.15. The Bertz CT molecular complexity index is 338. The lowest BCUT2D eigenvalue weighted by atomic mass is 10.4. The summed E-state index contributed by atoms with van der Waals surface area (Å²) in [7, 11) is 0. The van der Waals surface area contributed by atoms with Gasteiger partial charge in [-0.15, -0.1) is 0 Å². The van der Waals surface area contributed by atoms with Crippen LogP contribution in [0.15, 0.2) is 18.6 Å². The molecule has 0 spiro atoms. The van der Waals surface area contributed by atoms with Crippen LogP contribution in [0.4, 0.5) is 0 Å². The molecule has 0 saturated carbocycles. The number of carbonyl (C=O) groups excluding carboxylic acids is 1. The van der Waals surface area contributed by atoms with Crippen LogP contribution in [0.25, 0.3) is 0 Å². The SMILES string of the molecule is CCOC(=O)C#Cc1ccncn1. The average molecular weight is 176 g/mol. The van der Waals surface area contributed by atoms with Crippen molar-refractivity contribution >= 4 is 5.97 Å². The Morgan fingerprint density at radius 3 is 3.15 bits per heavy atom. The normalized spacial score (nSPS) is 8.38. The summed E-state index contributed by atoms with van der Waals surface area (Å²) in [4.78, 5) is 18.3. The number of hydrogen-bond donors (Lipinski definition) is 0. The van der Waals surface area contributed by atoms with Gasteiger partial charge in [-0.2, -0.15) is 0 Å². The van der Waals surface area contributed by atoms with E-state index in [0.29, 0.717) is 12.3 Å². The van der Waals surface area contributed by atoms with Gasteiger partial charge in [0.1, 0.15) is 12.0 Å². The molecule has 1 aromatic heterocycles. The number of nitrogens with zero attached hydrogens (tertiary/aromatic N) is 2. The lowest BCUT2D eigenvalue weighted by Gasteiger charge is -1.90. The summed E-state index contributed by atoms with van der Waals surface area (Å²) in [6.07, 6.45) is 2.93. The molecule has 1 aromatic rings. The van der Waals surface area contributed by atoms with Gasteiger partial charge in [0.15, 0.2) is 0 Å². The second-order valence-electron chi connectivity index (χ2n) is 2.07. The van der Waals surface area contributed by atoms with E-state index in [-0.39, 0.29) is 0 Å². The van der Waals surface area contributed by atoms with Crippen LogP contribution in [0, 0.1) is 11.8 Å². The van der Waals surface area contributed by atoms with Gasteiger partial charge in [-0.3, -0.25) is 0 Å². The third-order valence-electron chi connectivity index (χ3n) is 1.15. The highest BCUT2D eigenvalue weighted by atomic mass is 16.5. The predicted octanol–water partition coefficient (Wildman–Crippen LogP) is 0.391. The van der Waals surface area contributed by atoms with Crippen molar-refractivity contribution < 1.29 is 9.53 Å².